The number of rotatable bonds is 65. The van der Waals surface area contributed by atoms with Crippen molar-refractivity contribution in [3.63, 3.8) is 0 Å². The highest BCUT2D eigenvalue weighted by atomic mass is 16.7. The summed E-state index contributed by atoms with van der Waals surface area (Å²) >= 11 is 0. The molecule has 498 valence electrons. The zero-order valence-electron chi connectivity index (χ0n) is 55.2. The smallest absolute Gasteiger partial charge is 0.249 e. The normalized spacial score (nSPS) is 19.0. The predicted molar refractivity (Wildman–Crippen MR) is 353 cm³/mol. The number of carbonyl (C=O) groups excluding carboxylic acids is 1. The standard InChI is InChI=1S/C73H141NO10/c1-3-5-7-9-11-13-15-17-19-21-23-25-27-29-31-33-35-36-38-40-42-44-46-48-50-52-54-56-58-60-65(76)68(78)64(63-83-73-71(81)70(80)69(79)67(62-75)84-73)74-72(82)66(77)61-59-57-55-53-51-49-47-45-43-41-39-37-34-32-30-28-26-24-22-20-18-16-14-12-10-8-6-4-2/h30,32,52,54,64-71,73,75-81H,3-29,31,33-51,53,55-63H2,1-2H3,(H,74,82)/b32-30-,54-52+. The number of allylic oxidation sites excluding steroid dienone is 4. The fourth-order valence-corrected chi connectivity index (χ4v) is 12.1. The average molecular weight is 1190 g/mol. The third-order valence-electron chi connectivity index (χ3n) is 18.0. The number of aliphatic hydroxyl groups excluding tert-OH is 7. The Kier molecular flexibility index (Phi) is 59.3. The van der Waals surface area contributed by atoms with Gasteiger partial charge in [-0.05, 0) is 64.2 Å². The van der Waals surface area contributed by atoms with E-state index in [1.54, 1.807) is 0 Å². The van der Waals surface area contributed by atoms with Crippen molar-refractivity contribution in [3.8, 4) is 0 Å². The number of nitrogens with one attached hydrogen (secondary N) is 1. The van der Waals surface area contributed by atoms with Crippen LogP contribution in [0.25, 0.3) is 0 Å². The molecule has 1 amide bonds. The summed E-state index contributed by atoms with van der Waals surface area (Å²) < 4.78 is 11.2. The summed E-state index contributed by atoms with van der Waals surface area (Å²) in [5.41, 5.74) is 0. The van der Waals surface area contributed by atoms with Crippen LogP contribution >= 0.6 is 0 Å². The minimum atomic E-state index is -1.67. The number of aliphatic hydroxyl groups is 7. The molecular formula is C73H141NO10. The number of amides is 1. The molecule has 1 rings (SSSR count). The first-order chi connectivity index (χ1) is 41.2. The van der Waals surface area contributed by atoms with E-state index in [0.29, 0.717) is 12.8 Å². The van der Waals surface area contributed by atoms with Gasteiger partial charge in [-0.25, -0.2) is 0 Å². The first-order valence-electron chi connectivity index (χ1n) is 36.7. The van der Waals surface area contributed by atoms with Crippen molar-refractivity contribution in [1.29, 1.82) is 0 Å². The predicted octanol–water partition coefficient (Wildman–Crippen LogP) is 18.0. The lowest BCUT2D eigenvalue weighted by Gasteiger charge is -2.40. The van der Waals surface area contributed by atoms with E-state index in [4.69, 9.17) is 9.47 Å². The third kappa shape index (κ3) is 48.5. The molecule has 1 heterocycles. The Bertz CT molecular complexity index is 1420. The van der Waals surface area contributed by atoms with Gasteiger partial charge < -0.3 is 50.5 Å². The van der Waals surface area contributed by atoms with E-state index < -0.39 is 74.2 Å². The zero-order valence-corrected chi connectivity index (χ0v) is 55.2. The molecule has 11 nitrogen and oxygen atoms in total. The molecule has 0 spiro atoms. The van der Waals surface area contributed by atoms with Gasteiger partial charge in [-0.2, -0.15) is 0 Å². The molecule has 84 heavy (non-hydrogen) atoms. The number of unbranched alkanes of at least 4 members (excludes halogenated alkanes) is 49. The lowest BCUT2D eigenvalue weighted by atomic mass is 9.98. The molecule has 0 aromatic heterocycles. The molecule has 1 aliphatic heterocycles. The van der Waals surface area contributed by atoms with Crippen LogP contribution in [0.4, 0.5) is 0 Å². The third-order valence-corrected chi connectivity index (χ3v) is 18.0. The van der Waals surface area contributed by atoms with Crippen molar-refractivity contribution in [1.82, 2.24) is 5.32 Å². The van der Waals surface area contributed by atoms with Crippen molar-refractivity contribution in [2.45, 2.75) is 422 Å². The fraction of sp³-hybridized carbons (Fsp3) is 0.932. The van der Waals surface area contributed by atoms with Gasteiger partial charge in [0.2, 0.25) is 5.91 Å². The summed E-state index contributed by atoms with van der Waals surface area (Å²) in [5.74, 6) is -0.700. The largest absolute Gasteiger partial charge is 0.394 e. The average Bonchev–Trinajstić information content (AvgIpc) is 3.66. The maximum Gasteiger partial charge on any atom is 0.249 e. The van der Waals surface area contributed by atoms with E-state index in [9.17, 15) is 40.5 Å². The molecule has 0 saturated carbocycles. The summed E-state index contributed by atoms with van der Waals surface area (Å²) in [6, 6.07) is -1.19. The quantitative estimate of drug-likeness (QED) is 0.0215. The van der Waals surface area contributed by atoms with E-state index in [2.05, 4.69) is 43.5 Å². The van der Waals surface area contributed by atoms with Gasteiger partial charge in [0.25, 0.3) is 0 Å². The summed E-state index contributed by atoms with van der Waals surface area (Å²) in [7, 11) is 0. The van der Waals surface area contributed by atoms with Gasteiger partial charge >= 0.3 is 0 Å². The highest BCUT2D eigenvalue weighted by Crippen LogP contribution is 2.24. The van der Waals surface area contributed by atoms with E-state index >= 15 is 0 Å². The molecule has 1 aliphatic rings. The molecule has 0 aromatic rings. The van der Waals surface area contributed by atoms with Crippen LogP contribution in [-0.2, 0) is 14.3 Å². The van der Waals surface area contributed by atoms with E-state index in [0.717, 1.165) is 38.5 Å². The minimum absolute atomic E-state index is 0.256. The van der Waals surface area contributed by atoms with E-state index in [1.165, 1.54) is 289 Å². The Hall–Kier alpha value is -1.41. The van der Waals surface area contributed by atoms with Gasteiger partial charge in [-0.1, -0.05) is 327 Å². The van der Waals surface area contributed by atoms with Crippen molar-refractivity contribution < 1.29 is 50.0 Å². The minimum Gasteiger partial charge on any atom is -0.394 e. The Morgan fingerprint density at radius 1 is 0.405 bits per heavy atom. The van der Waals surface area contributed by atoms with Crippen molar-refractivity contribution in [3.05, 3.63) is 24.3 Å². The first kappa shape index (κ1) is 80.6. The van der Waals surface area contributed by atoms with E-state index in [1.807, 2.05) is 0 Å². The highest BCUT2D eigenvalue weighted by molar-refractivity contribution is 5.80. The molecule has 11 heteroatoms. The van der Waals surface area contributed by atoms with Crippen LogP contribution in [0.2, 0.25) is 0 Å². The lowest BCUT2D eigenvalue weighted by molar-refractivity contribution is -0.303. The highest BCUT2D eigenvalue weighted by Gasteiger charge is 2.44. The molecule has 0 bridgehead atoms. The summed E-state index contributed by atoms with van der Waals surface area (Å²) in [4.78, 5) is 13.3. The molecule has 1 saturated heterocycles. The van der Waals surface area contributed by atoms with Crippen LogP contribution in [0.3, 0.4) is 0 Å². The SMILES string of the molecule is CCCCCCCCCCCCCC/C=C\CCCCCCCCCCCCCCC(O)C(=O)NC(COC1OC(CO)C(O)C(O)C1O)C(O)C(O)CCC/C=C/CCCCCCCCCCCCCCCCCCCCCCCCCC. The Balaban J connectivity index is 2.19. The maximum absolute atomic E-state index is 13.3. The summed E-state index contributed by atoms with van der Waals surface area (Å²) in [5, 5.41) is 76.6. The monoisotopic (exact) mass is 1190 g/mol. The van der Waals surface area contributed by atoms with Gasteiger partial charge in [0.15, 0.2) is 6.29 Å². The molecule has 8 N–H and O–H groups in total. The number of ether oxygens (including phenoxy) is 2. The zero-order chi connectivity index (χ0) is 61.0. The first-order valence-corrected chi connectivity index (χ1v) is 36.7. The second kappa shape index (κ2) is 61.8. The number of hydrogen-bond donors (Lipinski definition) is 8. The Morgan fingerprint density at radius 3 is 1.02 bits per heavy atom. The van der Waals surface area contributed by atoms with Crippen LogP contribution in [0, 0.1) is 0 Å². The summed E-state index contributed by atoms with van der Waals surface area (Å²) in [6.07, 6.45) is 67.0. The van der Waals surface area contributed by atoms with Gasteiger partial charge in [0.05, 0.1) is 25.4 Å². The van der Waals surface area contributed by atoms with Crippen LogP contribution in [-0.4, -0.2) is 110 Å². The summed E-state index contributed by atoms with van der Waals surface area (Å²) in [6.45, 7) is 3.51. The molecule has 9 unspecified atom stereocenters. The van der Waals surface area contributed by atoms with Crippen molar-refractivity contribution in [2.24, 2.45) is 0 Å². The molecule has 1 fully saturated rings. The van der Waals surface area contributed by atoms with Gasteiger partial charge in [0.1, 0.15) is 36.6 Å². The second-order valence-electron chi connectivity index (χ2n) is 26.0. The number of carbonyl (C=O) groups is 1. The van der Waals surface area contributed by atoms with Gasteiger partial charge in [-0.15, -0.1) is 0 Å². The van der Waals surface area contributed by atoms with Crippen molar-refractivity contribution in [2.75, 3.05) is 13.2 Å². The van der Waals surface area contributed by atoms with Crippen molar-refractivity contribution >= 4 is 5.91 Å². The Labute approximate surface area is 518 Å². The molecule has 0 radical (unpaired) electrons. The van der Waals surface area contributed by atoms with Crippen LogP contribution in [0.5, 0.6) is 0 Å². The maximum atomic E-state index is 13.3. The van der Waals surface area contributed by atoms with Crippen LogP contribution in [0.15, 0.2) is 24.3 Å². The van der Waals surface area contributed by atoms with Gasteiger partial charge in [0, 0.05) is 0 Å². The lowest BCUT2D eigenvalue weighted by Crippen LogP contribution is -2.60. The van der Waals surface area contributed by atoms with Crippen LogP contribution in [0.1, 0.15) is 367 Å². The fourth-order valence-electron chi connectivity index (χ4n) is 12.1. The molecule has 0 aliphatic carbocycles. The Morgan fingerprint density at radius 2 is 0.702 bits per heavy atom. The van der Waals surface area contributed by atoms with E-state index in [-0.39, 0.29) is 12.8 Å². The van der Waals surface area contributed by atoms with Gasteiger partial charge in [-0.3, -0.25) is 4.79 Å². The number of hydrogen-bond acceptors (Lipinski definition) is 10. The molecular weight excluding hydrogens is 1050 g/mol. The molecule has 0 aromatic carbocycles. The molecule has 9 atom stereocenters. The van der Waals surface area contributed by atoms with Crippen LogP contribution < -0.4 is 5.32 Å². The second-order valence-corrected chi connectivity index (χ2v) is 26.0. The topological polar surface area (TPSA) is 189 Å².